The summed E-state index contributed by atoms with van der Waals surface area (Å²) in [6, 6.07) is 6.29. The largest absolute Gasteiger partial charge is 0.330 e. The molecule has 0 radical (unpaired) electrons. The van der Waals surface area contributed by atoms with Crippen LogP contribution in [0.1, 0.15) is 23.4 Å². The molecule has 1 N–H and O–H groups in total. The zero-order valence-corrected chi connectivity index (χ0v) is 12.5. The second-order valence-corrected chi connectivity index (χ2v) is 6.09. The Morgan fingerprint density at radius 3 is 3.05 bits per heavy atom. The molecule has 0 aliphatic heterocycles. The van der Waals surface area contributed by atoms with Gasteiger partial charge in [0.05, 0.1) is 16.0 Å². The molecule has 1 atom stereocenters. The molecule has 2 aromatic heterocycles. The van der Waals surface area contributed by atoms with Crippen molar-refractivity contribution in [2.24, 2.45) is 0 Å². The first kappa shape index (κ1) is 12.6. The van der Waals surface area contributed by atoms with E-state index in [9.17, 15) is 0 Å². The number of benzene rings is 1. The number of hydrogen-bond donors (Lipinski definition) is 1. The maximum atomic E-state index is 5.45. The van der Waals surface area contributed by atoms with Crippen LogP contribution in [0.3, 0.4) is 0 Å². The van der Waals surface area contributed by atoms with Crippen LogP contribution >= 0.6 is 23.6 Å². The van der Waals surface area contributed by atoms with Gasteiger partial charge in [0.1, 0.15) is 0 Å². The van der Waals surface area contributed by atoms with E-state index >= 15 is 0 Å². The molecule has 1 unspecified atom stereocenters. The minimum atomic E-state index is 0.367. The maximum Gasteiger partial charge on any atom is 0.178 e. The number of aryl methyl sites for hydroxylation is 1. The fourth-order valence-corrected chi connectivity index (χ4v) is 3.30. The molecule has 0 bridgehead atoms. The van der Waals surface area contributed by atoms with Crippen LogP contribution in [0, 0.1) is 11.7 Å². The predicted octanol–water partition coefficient (Wildman–Crippen LogP) is 4.27. The number of rotatable bonds is 3. The normalized spacial score (nSPS) is 12.9. The third-order valence-corrected chi connectivity index (χ3v) is 4.68. The average molecular weight is 289 g/mol. The van der Waals surface area contributed by atoms with Gasteiger partial charge in [-0.25, -0.2) is 4.98 Å². The van der Waals surface area contributed by atoms with Crippen molar-refractivity contribution < 1.29 is 0 Å². The number of aromatic nitrogens is 3. The molecule has 19 heavy (non-hydrogen) atoms. The molecule has 0 aliphatic carbocycles. The first-order chi connectivity index (χ1) is 9.16. The molecule has 3 rings (SSSR count). The molecule has 1 aromatic carbocycles. The topological polar surface area (TPSA) is 33.6 Å². The Bertz CT molecular complexity index is 753. The Kier molecular flexibility index (Phi) is 3.24. The summed E-state index contributed by atoms with van der Waals surface area (Å²) in [5.74, 6) is 0.367. The summed E-state index contributed by atoms with van der Waals surface area (Å²) in [5, 5.41) is 3.17. The summed E-state index contributed by atoms with van der Waals surface area (Å²) in [7, 11) is 0. The molecule has 0 amide bonds. The molecule has 0 fully saturated rings. The van der Waals surface area contributed by atoms with Gasteiger partial charge in [-0.3, -0.25) is 0 Å². The third kappa shape index (κ3) is 2.24. The first-order valence-electron chi connectivity index (χ1n) is 6.24. The van der Waals surface area contributed by atoms with Crippen LogP contribution in [0.15, 0.2) is 29.8 Å². The predicted molar refractivity (Wildman–Crippen MR) is 82.4 cm³/mol. The number of nitrogens with zero attached hydrogens (tertiary/aromatic N) is 2. The summed E-state index contributed by atoms with van der Waals surface area (Å²) in [6.07, 6.45) is 1.86. The Hall–Kier alpha value is -1.46. The molecule has 0 saturated carbocycles. The Morgan fingerprint density at radius 2 is 2.32 bits per heavy atom. The zero-order valence-electron chi connectivity index (χ0n) is 10.9. The number of aromatic amines is 1. The van der Waals surface area contributed by atoms with E-state index < -0.39 is 0 Å². The van der Waals surface area contributed by atoms with Crippen molar-refractivity contribution in [3.05, 3.63) is 45.1 Å². The van der Waals surface area contributed by atoms with Crippen LogP contribution in [0.2, 0.25) is 0 Å². The smallest absolute Gasteiger partial charge is 0.178 e. The van der Waals surface area contributed by atoms with Gasteiger partial charge in [-0.05, 0) is 30.8 Å². The molecule has 0 spiro atoms. The van der Waals surface area contributed by atoms with E-state index in [1.165, 1.54) is 11.1 Å². The maximum absolute atomic E-state index is 5.45. The summed E-state index contributed by atoms with van der Waals surface area (Å²) in [4.78, 5) is 7.69. The zero-order chi connectivity index (χ0) is 13.4. The number of fused-ring (bicyclic) bond motifs is 1. The third-order valence-electron chi connectivity index (χ3n) is 3.35. The van der Waals surface area contributed by atoms with Crippen molar-refractivity contribution in [2.75, 3.05) is 0 Å². The Morgan fingerprint density at radius 1 is 1.47 bits per heavy atom. The van der Waals surface area contributed by atoms with Crippen molar-refractivity contribution >= 4 is 34.6 Å². The number of hydrogen-bond acceptors (Lipinski definition) is 3. The minimum absolute atomic E-state index is 0.367. The number of thiazole rings is 1. The van der Waals surface area contributed by atoms with Crippen LogP contribution < -0.4 is 0 Å². The summed E-state index contributed by atoms with van der Waals surface area (Å²) in [5.41, 5.74) is 3.54. The van der Waals surface area contributed by atoms with Gasteiger partial charge in [-0.1, -0.05) is 19.1 Å². The lowest BCUT2D eigenvalue weighted by Crippen LogP contribution is -2.06. The number of imidazole rings is 1. The quantitative estimate of drug-likeness (QED) is 0.731. The van der Waals surface area contributed by atoms with Gasteiger partial charge in [0, 0.05) is 24.0 Å². The second-order valence-electron chi connectivity index (χ2n) is 4.78. The van der Waals surface area contributed by atoms with E-state index in [4.69, 9.17) is 12.2 Å². The SMILES string of the molecule is Cc1cccc2c1[nH]c(=S)n2CC(C)c1nccs1. The highest BCUT2D eigenvalue weighted by Crippen LogP contribution is 2.24. The molecule has 3 nitrogen and oxygen atoms in total. The van der Waals surface area contributed by atoms with E-state index in [1.807, 2.05) is 11.6 Å². The van der Waals surface area contributed by atoms with Gasteiger partial charge < -0.3 is 9.55 Å². The highest BCUT2D eigenvalue weighted by Gasteiger charge is 2.12. The van der Waals surface area contributed by atoms with E-state index in [-0.39, 0.29) is 0 Å². The lowest BCUT2D eigenvalue weighted by Gasteiger charge is -2.10. The van der Waals surface area contributed by atoms with E-state index in [0.717, 1.165) is 21.8 Å². The van der Waals surface area contributed by atoms with Gasteiger partial charge in [0.25, 0.3) is 0 Å². The molecular weight excluding hydrogens is 274 g/mol. The highest BCUT2D eigenvalue weighted by atomic mass is 32.1. The van der Waals surface area contributed by atoms with Crippen molar-refractivity contribution in [3.63, 3.8) is 0 Å². The van der Waals surface area contributed by atoms with Gasteiger partial charge in [0.2, 0.25) is 0 Å². The molecule has 98 valence electrons. The molecule has 3 aromatic rings. The molecule has 0 saturated heterocycles. The van der Waals surface area contributed by atoms with Crippen LogP contribution in [0.5, 0.6) is 0 Å². The standard InChI is InChI=1S/C14H15N3S2/c1-9-4-3-5-11-12(9)16-14(18)17(11)8-10(2)13-15-6-7-19-13/h3-7,10H,8H2,1-2H3,(H,16,18). The van der Waals surface area contributed by atoms with Crippen molar-refractivity contribution in [2.45, 2.75) is 26.3 Å². The number of para-hydroxylation sites is 1. The number of H-pyrrole nitrogens is 1. The van der Waals surface area contributed by atoms with Gasteiger partial charge in [0.15, 0.2) is 4.77 Å². The van der Waals surface area contributed by atoms with Crippen LogP contribution in [-0.2, 0) is 6.54 Å². The van der Waals surface area contributed by atoms with E-state index in [0.29, 0.717) is 5.92 Å². The van der Waals surface area contributed by atoms with Crippen molar-refractivity contribution in [1.82, 2.24) is 14.5 Å². The lowest BCUT2D eigenvalue weighted by molar-refractivity contribution is 0.602. The summed E-state index contributed by atoms with van der Waals surface area (Å²) < 4.78 is 2.96. The van der Waals surface area contributed by atoms with Gasteiger partial charge in [-0.15, -0.1) is 11.3 Å². The highest BCUT2D eigenvalue weighted by molar-refractivity contribution is 7.71. The number of nitrogens with one attached hydrogen (secondary N) is 1. The molecule has 5 heteroatoms. The van der Waals surface area contributed by atoms with E-state index in [1.54, 1.807) is 11.3 Å². The fraction of sp³-hybridized carbons (Fsp3) is 0.286. The summed E-state index contributed by atoms with van der Waals surface area (Å²) >= 11 is 7.15. The average Bonchev–Trinajstić information content (AvgIpc) is 3.00. The Labute approximate surface area is 120 Å². The fourth-order valence-electron chi connectivity index (χ4n) is 2.33. The van der Waals surface area contributed by atoms with Gasteiger partial charge in [-0.2, -0.15) is 0 Å². The Balaban J connectivity index is 2.04. The lowest BCUT2D eigenvalue weighted by atomic mass is 10.2. The molecule has 0 aliphatic rings. The van der Waals surface area contributed by atoms with Gasteiger partial charge >= 0.3 is 0 Å². The summed E-state index contributed by atoms with van der Waals surface area (Å²) in [6.45, 7) is 5.15. The van der Waals surface area contributed by atoms with Crippen molar-refractivity contribution in [3.8, 4) is 0 Å². The van der Waals surface area contributed by atoms with Crippen LogP contribution in [0.25, 0.3) is 11.0 Å². The van der Waals surface area contributed by atoms with Crippen molar-refractivity contribution in [1.29, 1.82) is 0 Å². The molecule has 2 heterocycles. The van der Waals surface area contributed by atoms with Crippen LogP contribution in [0.4, 0.5) is 0 Å². The van der Waals surface area contributed by atoms with Crippen LogP contribution in [-0.4, -0.2) is 14.5 Å². The van der Waals surface area contributed by atoms with E-state index in [2.05, 4.69) is 46.6 Å². The second kappa shape index (κ2) is 4.90. The monoisotopic (exact) mass is 289 g/mol. The minimum Gasteiger partial charge on any atom is -0.330 e. The molecular formula is C14H15N3S2. The first-order valence-corrected chi connectivity index (χ1v) is 7.53.